The first-order chi connectivity index (χ1) is 17.9. The van der Waals surface area contributed by atoms with Crippen LogP contribution >= 0.6 is 35.3 Å². The molecule has 186 valence electrons. The molecule has 0 aliphatic rings. The number of carbonyl (C=O) groups is 1. The molecule has 3 aromatic carbocycles. The van der Waals surface area contributed by atoms with Gasteiger partial charge in [-0.15, -0.1) is 0 Å². The number of para-hydroxylation sites is 2. The largest absolute Gasteiger partial charge is 0.351 e. The zero-order valence-corrected chi connectivity index (χ0v) is 22.8. The van der Waals surface area contributed by atoms with Crippen LogP contribution in [0.4, 0.5) is 0 Å². The molecular formula is C28H24N4O2S3. The van der Waals surface area contributed by atoms with Crippen molar-refractivity contribution in [2.75, 3.05) is 5.75 Å². The van der Waals surface area contributed by atoms with Crippen LogP contribution in [0.3, 0.4) is 0 Å². The number of carbonyl (C=O) groups excluding carboxylic acids is 1. The molecule has 0 unspecified atom stereocenters. The minimum Gasteiger partial charge on any atom is -0.351 e. The highest BCUT2D eigenvalue weighted by molar-refractivity contribution is 7.99. The highest BCUT2D eigenvalue weighted by atomic mass is 32.2. The van der Waals surface area contributed by atoms with Gasteiger partial charge in [-0.2, -0.15) is 0 Å². The van der Waals surface area contributed by atoms with Gasteiger partial charge in [0.05, 0.1) is 17.1 Å². The maximum Gasteiger partial charge on any atom is 0.278 e. The number of thiazole rings is 1. The number of hydrogen-bond acceptors (Lipinski definition) is 6. The van der Waals surface area contributed by atoms with E-state index in [0.717, 1.165) is 16.8 Å². The average Bonchev–Trinajstić information content (AvgIpc) is 3.24. The highest BCUT2D eigenvalue weighted by Gasteiger charge is 2.20. The Labute approximate surface area is 227 Å². The average molecular weight is 545 g/mol. The standard InChI is InChI=1S/C28H24N4O2S3/c1-18-12-14-20(15-13-18)16-29-23(33)17-36-27-30-25-24(26(34)31(27)21-9-4-3-5-10-21)37-28(35)32(25)22-11-7-6-8-19(22)2/h3-15H,16-17H2,1-2H3,(H,29,33). The van der Waals surface area contributed by atoms with Crippen LogP contribution in [-0.4, -0.2) is 25.8 Å². The van der Waals surface area contributed by atoms with Gasteiger partial charge < -0.3 is 5.32 Å². The van der Waals surface area contributed by atoms with Gasteiger partial charge >= 0.3 is 0 Å². The Morgan fingerprint density at radius 1 is 0.973 bits per heavy atom. The van der Waals surface area contributed by atoms with Crippen molar-refractivity contribution in [2.45, 2.75) is 25.5 Å². The molecule has 0 fully saturated rings. The van der Waals surface area contributed by atoms with Crippen LogP contribution in [0.1, 0.15) is 16.7 Å². The number of benzene rings is 3. The van der Waals surface area contributed by atoms with E-state index in [1.54, 1.807) is 4.57 Å². The molecule has 0 saturated carbocycles. The van der Waals surface area contributed by atoms with Gasteiger partial charge in [-0.25, -0.2) is 4.98 Å². The summed E-state index contributed by atoms with van der Waals surface area (Å²) >= 11 is 8.16. The van der Waals surface area contributed by atoms with E-state index in [-0.39, 0.29) is 17.2 Å². The molecule has 0 spiro atoms. The fraction of sp³-hybridized carbons (Fsp3) is 0.143. The molecule has 9 heteroatoms. The van der Waals surface area contributed by atoms with Gasteiger partial charge in [0.1, 0.15) is 4.70 Å². The van der Waals surface area contributed by atoms with Gasteiger partial charge in [0.15, 0.2) is 14.8 Å². The fourth-order valence-electron chi connectivity index (χ4n) is 3.95. The van der Waals surface area contributed by atoms with Gasteiger partial charge in [-0.1, -0.05) is 89.3 Å². The second-order valence-corrected chi connectivity index (χ2v) is 11.2. The van der Waals surface area contributed by atoms with Gasteiger partial charge in [-0.05, 0) is 55.4 Å². The Bertz CT molecular complexity index is 1700. The maximum atomic E-state index is 13.8. The summed E-state index contributed by atoms with van der Waals surface area (Å²) in [7, 11) is 0. The number of amides is 1. The number of thioether (sulfide) groups is 1. The number of rotatable bonds is 7. The molecule has 0 radical (unpaired) electrons. The lowest BCUT2D eigenvalue weighted by molar-refractivity contribution is -0.118. The summed E-state index contributed by atoms with van der Waals surface area (Å²) in [5.74, 6) is -0.0214. The van der Waals surface area contributed by atoms with Gasteiger partial charge in [0, 0.05) is 6.54 Å². The van der Waals surface area contributed by atoms with Crippen molar-refractivity contribution in [2.24, 2.45) is 0 Å². The topological polar surface area (TPSA) is 68.9 Å². The van der Waals surface area contributed by atoms with E-state index in [9.17, 15) is 9.59 Å². The Morgan fingerprint density at radius 3 is 2.41 bits per heavy atom. The predicted molar refractivity (Wildman–Crippen MR) is 154 cm³/mol. The first-order valence-electron chi connectivity index (χ1n) is 11.7. The minimum atomic E-state index is -0.206. The van der Waals surface area contributed by atoms with Crippen molar-refractivity contribution in [1.82, 2.24) is 19.4 Å². The van der Waals surface area contributed by atoms with E-state index >= 15 is 0 Å². The van der Waals surface area contributed by atoms with Gasteiger partial charge in [0.25, 0.3) is 5.56 Å². The van der Waals surface area contributed by atoms with E-state index in [4.69, 9.17) is 17.2 Å². The number of fused-ring (bicyclic) bond motifs is 1. The third kappa shape index (κ3) is 5.29. The van der Waals surface area contributed by atoms with Crippen LogP contribution in [0, 0.1) is 17.8 Å². The molecule has 0 atom stereocenters. The van der Waals surface area contributed by atoms with E-state index in [1.807, 2.05) is 97.3 Å². The Balaban J connectivity index is 1.53. The lowest BCUT2D eigenvalue weighted by atomic mass is 10.1. The van der Waals surface area contributed by atoms with Crippen LogP contribution in [0.5, 0.6) is 0 Å². The summed E-state index contributed by atoms with van der Waals surface area (Å²) in [4.78, 5) is 31.4. The van der Waals surface area contributed by atoms with Crippen LogP contribution in [0.15, 0.2) is 88.8 Å². The summed E-state index contributed by atoms with van der Waals surface area (Å²) in [6.45, 7) is 4.47. The normalized spacial score (nSPS) is 11.1. The van der Waals surface area contributed by atoms with E-state index in [0.29, 0.717) is 31.7 Å². The smallest absolute Gasteiger partial charge is 0.278 e. The molecule has 0 aliphatic heterocycles. The molecule has 1 amide bonds. The Morgan fingerprint density at radius 2 is 1.68 bits per heavy atom. The molecule has 0 aliphatic carbocycles. The van der Waals surface area contributed by atoms with Crippen LogP contribution in [0.2, 0.25) is 0 Å². The van der Waals surface area contributed by atoms with Crippen molar-refractivity contribution in [3.05, 3.63) is 110 Å². The second kappa shape index (κ2) is 10.8. The number of nitrogens with zero attached hydrogens (tertiary/aromatic N) is 3. The molecule has 6 nitrogen and oxygen atoms in total. The van der Waals surface area contributed by atoms with E-state index < -0.39 is 0 Å². The van der Waals surface area contributed by atoms with Crippen LogP contribution < -0.4 is 10.9 Å². The molecule has 5 rings (SSSR count). The predicted octanol–water partition coefficient (Wildman–Crippen LogP) is 5.99. The quantitative estimate of drug-likeness (QED) is 0.155. The zero-order valence-electron chi connectivity index (χ0n) is 20.3. The third-order valence-electron chi connectivity index (χ3n) is 5.89. The maximum absolute atomic E-state index is 13.8. The molecule has 1 N–H and O–H groups in total. The van der Waals surface area contributed by atoms with E-state index in [1.165, 1.54) is 28.7 Å². The third-order valence-corrected chi connectivity index (χ3v) is 8.18. The Kier molecular flexibility index (Phi) is 7.36. The summed E-state index contributed by atoms with van der Waals surface area (Å²) in [5, 5.41) is 3.39. The lowest BCUT2D eigenvalue weighted by Gasteiger charge is -2.13. The number of nitrogens with one attached hydrogen (secondary N) is 1. The van der Waals surface area contributed by atoms with E-state index in [2.05, 4.69) is 5.32 Å². The number of aromatic nitrogens is 3. The SMILES string of the molecule is Cc1ccc(CNC(=O)CSc2nc3c(sc(=S)n3-c3ccccc3C)c(=O)n2-c2ccccc2)cc1. The summed E-state index contributed by atoms with van der Waals surface area (Å²) < 4.78 is 4.44. The van der Waals surface area contributed by atoms with Crippen LogP contribution in [0.25, 0.3) is 21.7 Å². The van der Waals surface area contributed by atoms with Crippen molar-refractivity contribution < 1.29 is 4.79 Å². The number of aryl methyl sites for hydroxylation is 2. The summed E-state index contributed by atoms with van der Waals surface area (Å²) in [6, 6.07) is 25.2. The minimum absolute atomic E-state index is 0.117. The number of hydrogen-bond donors (Lipinski definition) is 1. The second-order valence-electron chi connectivity index (χ2n) is 8.56. The molecule has 0 bridgehead atoms. The lowest BCUT2D eigenvalue weighted by Crippen LogP contribution is -2.26. The van der Waals surface area contributed by atoms with Crippen molar-refractivity contribution in [3.8, 4) is 11.4 Å². The van der Waals surface area contributed by atoms with Crippen molar-refractivity contribution in [3.63, 3.8) is 0 Å². The van der Waals surface area contributed by atoms with Crippen LogP contribution in [-0.2, 0) is 11.3 Å². The van der Waals surface area contributed by atoms with Gasteiger partial charge in [-0.3, -0.25) is 18.7 Å². The molecule has 0 saturated heterocycles. The highest BCUT2D eigenvalue weighted by Crippen LogP contribution is 2.28. The summed E-state index contributed by atoms with van der Waals surface area (Å²) in [6.07, 6.45) is 0. The molecule has 2 heterocycles. The van der Waals surface area contributed by atoms with Crippen molar-refractivity contribution >= 4 is 51.6 Å². The monoisotopic (exact) mass is 544 g/mol. The van der Waals surface area contributed by atoms with Gasteiger partial charge in [0.2, 0.25) is 5.91 Å². The first kappa shape index (κ1) is 25.1. The first-order valence-corrected chi connectivity index (χ1v) is 13.9. The zero-order chi connectivity index (χ0) is 25.9. The molecular weight excluding hydrogens is 521 g/mol. The summed E-state index contributed by atoms with van der Waals surface area (Å²) in [5.41, 5.74) is 5.09. The molecule has 5 aromatic rings. The van der Waals surface area contributed by atoms with Crippen molar-refractivity contribution in [1.29, 1.82) is 0 Å². The fourth-order valence-corrected chi connectivity index (χ4v) is 6.07. The molecule has 2 aromatic heterocycles. The molecule has 37 heavy (non-hydrogen) atoms. The Hall–Kier alpha value is -3.53.